The molecule has 3 aromatic rings. The number of amides is 4. The van der Waals surface area contributed by atoms with Crippen molar-refractivity contribution in [3.63, 3.8) is 0 Å². The highest BCUT2D eigenvalue weighted by atomic mass is 16.5. The maximum absolute atomic E-state index is 13.1. The number of hydrogen-bond acceptors (Lipinski definition) is 4. The SMILES string of the molecule is CCc1ccc(N2C(=O)NC(=O)/C(=C\c3cccn3-c3ccc(OC)cc3)C2=O)cc1. The van der Waals surface area contributed by atoms with E-state index in [4.69, 9.17) is 4.74 Å². The van der Waals surface area contributed by atoms with Gasteiger partial charge < -0.3 is 9.30 Å². The highest BCUT2D eigenvalue weighted by Crippen LogP contribution is 2.24. The van der Waals surface area contributed by atoms with Crippen LogP contribution in [0.2, 0.25) is 0 Å². The van der Waals surface area contributed by atoms with E-state index in [1.165, 1.54) is 6.08 Å². The first kappa shape index (κ1) is 20.2. The Morgan fingerprint density at radius 2 is 1.61 bits per heavy atom. The molecule has 1 N–H and O–H groups in total. The number of anilines is 1. The Morgan fingerprint density at radius 3 is 2.26 bits per heavy atom. The molecule has 4 rings (SSSR count). The number of nitrogens with zero attached hydrogens (tertiary/aromatic N) is 2. The summed E-state index contributed by atoms with van der Waals surface area (Å²) in [4.78, 5) is 39.0. The number of benzene rings is 2. The number of rotatable bonds is 5. The number of carbonyl (C=O) groups excluding carboxylic acids is 3. The Bertz CT molecular complexity index is 1170. The Kier molecular flexibility index (Phi) is 5.41. The Balaban J connectivity index is 1.70. The topological polar surface area (TPSA) is 80.6 Å². The van der Waals surface area contributed by atoms with Crippen LogP contribution < -0.4 is 15.0 Å². The number of nitrogens with one attached hydrogen (secondary N) is 1. The summed E-state index contributed by atoms with van der Waals surface area (Å²) in [5.74, 6) is -0.666. The van der Waals surface area contributed by atoms with Crippen LogP contribution in [0.5, 0.6) is 5.75 Å². The van der Waals surface area contributed by atoms with Crippen LogP contribution in [-0.2, 0) is 16.0 Å². The summed E-state index contributed by atoms with van der Waals surface area (Å²) in [5.41, 5.74) is 2.83. The van der Waals surface area contributed by atoms with Gasteiger partial charge in [-0.25, -0.2) is 9.69 Å². The number of aryl methyl sites for hydroxylation is 1. The molecule has 0 unspecified atom stereocenters. The minimum atomic E-state index is -0.762. The van der Waals surface area contributed by atoms with Gasteiger partial charge in [-0.2, -0.15) is 0 Å². The lowest BCUT2D eigenvalue weighted by Gasteiger charge is -2.26. The Morgan fingerprint density at radius 1 is 0.935 bits per heavy atom. The molecule has 156 valence electrons. The van der Waals surface area contributed by atoms with Gasteiger partial charge in [0.05, 0.1) is 12.8 Å². The molecule has 1 fully saturated rings. The Labute approximate surface area is 179 Å². The van der Waals surface area contributed by atoms with Crippen LogP contribution in [0.4, 0.5) is 10.5 Å². The number of hydrogen-bond donors (Lipinski definition) is 1. The number of methoxy groups -OCH3 is 1. The maximum atomic E-state index is 13.1. The molecule has 4 amide bonds. The lowest BCUT2D eigenvalue weighted by molar-refractivity contribution is -0.122. The Hall–Kier alpha value is -4.13. The van der Waals surface area contributed by atoms with Crippen LogP contribution in [0.3, 0.4) is 0 Å². The third kappa shape index (κ3) is 3.85. The van der Waals surface area contributed by atoms with Gasteiger partial charge in [-0.1, -0.05) is 19.1 Å². The molecular formula is C24H21N3O4. The summed E-state index contributed by atoms with van der Waals surface area (Å²) in [5, 5.41) is 2.26. The third-order valence-corrected chi connectivity index (χ3v) is 5.13. The van der Waals surface area contributed by atoms with Crippen molar-refractivity contribution in [2.24, 2.45) is 0 Å². The summed E-state index contributed by atoms with van der Waals surface area (Å²) in [7, 11) is 1.59. The van der Waals surface area contributed by atoms with Crippen molar-refractivity contribution in [1.82, 2.24) is 9.88 Å². The molecule has 0 aliphatic carbocycles. The molecule has 2 aromatic carbocycles. The number of urea groups is 1. The first-order valence-electron chi connectivity index (χ1n) is 9.84. The van der Waals surface area contributed by atoms with Gasteiger partial charge in [0.1, 0.15) is 11.3 Å². The summed E-state index contributed by atoms with van der Waals surface area (Å²) in [6, 6.07) is 17.3. The zero-order valence-corrected chi connectivity index (χ0v) is 17.2. The van der Waals surface area contributed by atoms with Gasteiger partial charge in [-0.15, -0.1) is 0 Å². The van der Waals surface area contributed by atoms with Crippen LogP contribution in [0.25, 0.3) is 11.8 Å². The van der Waals surface area contributed by atoms with Gasteiger partial charge in [0.25, 0.3) is 11.8 Å². The number of ether oxygens (including phenoxy) is 1. The predicted octanol–water partition coefficient (Wildman–Crippen LogP) is 3.71. The maximum Gasteiger partial charge on any atom is 0.335 e. The van der Waals surface area contributed by atoms with Crippen molar-refractivity contribution in [3.8, 4) is 11.4 Å². The highest BCUT2D eigenvalue weighted by molar-refractivity contribution is 6.39. The van der Waals surface area contributed by atoms with E-state index >= 15 is 0 Å². The van der Waals surface area contributed by atoms with Gasteiger partial charge >= 0.3 is 6.03 Å². The van der Waals surface area contributed by atoms with Gasteiger partial charge in [0.15, 0.2) is 0 Å². The molecule has 0 saturated carbocycles. The minimum absolute atomic E-state index is 0.118. The fourth-order valence-electron chi connectivity index (χ4n) is 3.41. The second kappa shape index (κ2) is 8.31. The molecule has 0 bridgehead atoms. The largest absolute Gasteiger partial charge is 0.497 e. The molecule has 1 saturated heterocycles. The van der Waals surface area contributed by atoms with Gasteiger partial charge in [-0.3, -0.25) is 14.9 Å². The van der Waals surface area contributed by atoms with E-state index in [1.54, 1.807) is 25.3 Å². The number of carbonyl (C=O) groups is 3. The summed E-state index contributed by atoms with van der Waals surface area (Å²) in [6.45, 7) is 2.02. The quantitative estimate of drug-likeness (QED) is 0.509. The van der Waals surface area contributed by atoms with E-state index in [9.17, 15) is 14.4 Å². The van der Waals surface area contributed by atoms with E-state index < -0.39 is 17.8 Å². The molecule has 7 nitrogen and oxygen atoms in total. The van der Waals surface area contributed by atoms with E-state index in [0.29, 0.717) is 11.4 Å². The van der Waals surface area contributed by atoms with Crippen molar-refractivity contribution in [2.75, 3.05) is 12.0 Å². The van der Waals surface area contributed by atoms with E-state index in [1.807, 2.05) is 60.2 Å². The number of barbiturate groups is 1. The molecule has 7 heteroatoms. The average Bonchev–Trinajstić information content (AvgIpc) is 3.25. The monoisotopic (exact) mass is 415 g/mol. The van der Waals surface area contributed by atoms with Crippen LogP contribution in [0.1, 0.15) is 18.2 Å². The predicted molar refractivity (Wildman–Crippen MR) is 117 cm³/mol. The van der Waals surface area contributed by atoms with Crippen LogP contribution in [-0.4, -0.2) is 29.5 Å². The van der Waals surface area contributed by atoms with Crippen molar-refractivity contribution in [3.05, 3.63) is 83.7 Å². The normalized spacial score (nSPS) is 15.4. The molecule has 2 heterocycles. The standard InChI is InChI=1S/C24H21N3O4/c1-3-16-6-8-18(9-7-16)27-23(29)21(22(28)25-24(27)30)15-19-5-4-14-26(19)17-10-12-20(31-2)13-11-17/h4-15H,3H2,1-2H3,(H,25,28,30)/b21-15+. The smallest absolute Gasteiger partial charge is 0.335 e. The third-order valence-electron chi connectivity index (χ3n) is 5.13. The van der Waals surface area contributed by atoms with Crippen molar-refractivity contribution in [2.45, 2.75) is 13.3 Å². The summed E-state index contributed by atoms with van der Waals surface area (Å²) in [6.07, 6.45) is 4.15. The molecule has 31 heavy (non-hydrogen) atoms. The van der Waals surface area contributed by atoms with Crippen molar-refractivity contribution >= 4 is 29.6 Å². The average molecular weight is 415 g/mol. The zero-order valence-electron chi connectivity index (χ0n) is 17.2. The van der Waals surface area contributed by atoms with Crippen molar-refractivity contribution < 1.29 is 19.1 Å². The van der Waals surface area contributed by atoms with Gasteiger partial charge in [0.2, 0.25) is 0 Å². The minimum Gasteiger partial charge on any atom is -0.497 e. The van der Waals surface area contributed by atoms with E-state index in [0.717, 1.165) is 28.3 Å². The van der Waals surface area contributed by atoms with E-state index in [2.05, 4.69) is 5.32 Å². The fourth-order valence-corrected chi connectivity index (χ4v) is 3.41. The lowest BCUT2D eigenvalue weighted by Crippen LogP contribution is -2.54. The van der Waals surface area contributed by atoms with Crippen LogP contribution >= 0.6 is 0 Å². The molecule has 0 atom stereocenters. The summed E-state index contributed by atoms with van der Waals surface area (Å²) < 4.78 is 7.03. The molecule has 0 spiro atoms. The molecule has 1 aromatic heterocycles. The first-order chi connectivity index (χ1) is 15.0. The number of imide groups is 2. The first-order valence-corrected chi connectivity index (χ1v) is 9.84. The van der Waals surface area contributed by atoms with Crippen LogP contribution in [0.15, 0.2) is 72.4 Å². The lowest BCUT2D eigenvalue weighted by atomic mass is 10.1. The molecule has 1 aliphatic rings. The highest BCUT2D eigenvalue weighted by Gasteiger charge is 2.37. The fraction of sp³-hybridized carbons (Fsp3) is 0.125. The zero-order chi connectivity index (χ0) is 22.0. The number of aromatic nitrogens is 1. The molecule has 1 aliphatic heterocycles. The van der Waals surface area contributed by atoms with Gasteiger partial charge in [-0.05, 0) is 66.6 Å². The van der Waals surface area contributed by atoms with Crippen molar-refractivity contribution in [1.29, 1.82) is 0 Å². The second-order valence-electron chi connectivity index (χ2n) is 6.98. The summed E-state index contributed by atoms with van der Waals surface area (Å²) >= 11 is 0. The molecular weight excluding hydrogens is 394 g/mol. The van der Waals surface area contributed by atoms with E-state index in [-0.39, 0.29) is 5.57 Å². The molecule has 0 radical (unpaired) electrons. The second-order valence-corrected chi connectivity index (χ2v) is 6.98. The van der Waals surface area contributed by atoms with Gasteiger partial charge in [0, 0.05) is 17.6 Å². The van der Waals surface area contributed by atoms with Crippen LogP contribution in [0, 0.1) is 0 Å².